The minimum Gasteiger partial charge on any atom is -0.398 e. The highest BCUT2D eigenvalue weighted by atomic mass is 16.1. The first-order chi connectivity index (χ1) is 8.99. The lowest BCUT2D eigenvalue weighted by Gasteiger charge is -2.08. The van der Waals surface area contributed by atoms with Crippen LogP contribution in [0.3, 0.4) is 0 Å². The molecule has 1 aromatic carbocycles. The highest BCUT2D eigenvalue weighted by Gasteiger charge is 2.13. The predicted octanol–water partition coefficient (Wildman–Crippen LogP) is 1.63. The summed E-state index contributed by atoms with van der Waals surface area (Å²) in [7, 11) is 0. The number of aromatic nitrogens is 3. The van der Waals surface area contributed by atoms with E-state index in [1.165, 1.54) is 0 Å². The summed E-state index contributed by atoms with van der Waals surface area (Å²) in [4.78, 5) is 16.2. The number of rotatable bonds is 2. The summed E-state index contributed by atoms with van der Waals surface area (Å²) in [6, 6.07) is 5.28. The molecule has 6 nitrogen and oxygen atoms in total. The molecule has 0 aliphatic heterocycles. The van der Waals surface area contributed by atoms with Crippen LogP contribution >= 0.6 is 0 Å². The molecule has 3 N–H and O–H groups in total. The molecule has 0 saturated carbocycles. The number of aryl methyl sites for hydroxylation is 3. The van der Waals surface area contributed by atoms with Crippen LogP contribution in [0.1, 0.15) is 27.3 Å². The molecule has 0 unspecified atom stereocenters. The van der Waals surface area contributed by atoms with E-state index in [4.69, 9.17) is 5.73 Å². The molecule has 0 spiro atoms. The van der Waals surface area contributed by atoms with E-state index >= 15 is 0 Å². The Morgan fingerprint density at radius 1 is 1.16 bits per heavy atom. The van der Waals surface area contributed by atoms with Gasteiger partial charge in [-0.3, -0.25) is 10.1 Å². The van der Waals surface area contributed by atoms with Gasteiger partial charge < -0.3 is 5.73 Å². The summed E-state index contributed by atoms with van der Waals surface area (Å²) < 4.78 is 0. The van der Waals surface area contributed by atoms with E-state index < -0.39 is 0 Å². The van der Waals surface area contributed by atoms with Crippen molar-refractivity contribution < 1.29 is 4.79 Å². The van der Waals surface area contributed by atoms with Crippen molar-refractivity contribution in [3.63, 3.8) is 0 Å². The number of hydrogen-bond donors (Lipinski definition) is 2. The number of nitrogens with one attached hydrogen (secondary N) is 1. The Hall–Kier alpha value is -2.50. The number of para-hydroxylation sites is 1. The molecule has 0 radical (unpaired) electrons. The van der Waals surface area contributed by atoms with E-state index in [2.05, 4.69) is 20.5 Å². The molecule has 0 atom stereocenters. The van der Waals surface area contributed by atoms with Gasteiger partial charge in [0.2, 0.25) is 5.95 Å². The number of carbonyl (C=O) groups is 1. The third-order valence-corrected chi connectivity index (χ3v) is 2.89. The number of anilines is 2. The second kappa shape index (κ2) is 5.01. The van der Waals surface area contributed by atoms with Crippen LogP contribution in [0, 0.1) is 20.8 Å². The molecule has 2 rings (SSSR count). The van der Waals surface area contributed by atoms with Crippen molar-refractivity contribution in [2.75, 3.05) is 11.1 Å². The number of amides is 1. The molecule has 98 valence electrons. The molecule has 1 aromatic heterocycles. The Kier molecular flexibility index (Phi) is 3.41. The topological polar surface area (TPSA) is 93.8 Å². The zero-order chi connectivity index (χ0) is 14.0. The van der Waals surface area contributed by atoms with E-state index in [9.17, 15) is 4.79 Å². The van der Waals surface area contributed by atoms with Crippen molar-refractivity contribution in [2.24, 2.45) is 0 Å². The van der Waals surface area contributed by atoms with Gasteiger partial charge in [-0.1, -0.05) is 12.1 Å². The van der Waals surface area contributed by atoms with Gasteiger partial charge in [-0.25, -0.2) is 4.98 Å². The zero-order valence-corrected chi connectivity index (χ0v) is 11.1. The third-order valence-electron chi connectivity index (χ3n) is 2.89. The Balaban J connectivity index is 2.26. The summed E-state index contributed by atoms with van der Waals surface area (Å²) in [5.41, 5.74) is 9.04. The molecular weight excluding hydrogens is 242 g/mol. The first kappa shape index (κ1) is 12.9. The Bertz CT molecular complexity index is 639. The maximum absolute atomic E-state index is 12.1. The number of nitrogens with zero attached hydrogens (tertiary/aromatic N) is 3. The fraction of sp³-hybridized carbons (Fsp3) is 0.231. The van der Waals surface area contributed by atoms with Crippen molar-refractivity contribution >= 4 is 17.5 Å². The van der Waals surface area contributed by atoms with E-state index in [1.54, 1.807) is 26.0 Å². The van der Waals surface area contributed by atoms with Crippen molar-refractivity contribution in [3.05, 3.63) is 40.7 Å². The second-order valence-electron chi connectivity index (χ2n) is 4.30. The molecule has 0 aliphatic rings. The molecule has 0 saturated heterocycles. The Labute approximate surface area is 111 Å². The average molecular weight is 257 g/mol. The van der Waals surface area contributed by atoms with Crippen molar-refractivity contribution in [1.29, 1.82) is 0 Å². The third kappa shape index (κ3) is 2.67. The lowest BCUT2D eigenvalue weighted by atomic mass is 10.1. The monoisotopic (exact) mass is 257 g/mol. The molecule has 2 aromatic rings. The Morgan fingerprint density at radius 3 is 2.58 bits per heavy atom. The quantitative estimate of drug-likeness (QED) is 0.797. The molecule has 1 amide bonds. The van der Waals surface area contributed by atoms with Gasteiger partial charge in [-0.05, 0) is 32.4 Å². The number of nitrogen functional groups attached to an aromatic ring is 1. The van der Waals surface area contributed by atoms with Crippen LogP contribution in [0.4, 0.5) is 11.6 Å². The number of carbonyl (C=O) groups excluding carboxylic acids is 1. The fourth-order valence-corrected chi connectivity index (χ4v) is 1.56. The molecule has 1 heterocycles. The minimum absolute atomic E-state index is 0.175. The summed E-state index contributed by atoms with van der Waals surface area (Å²) in [6.07, 6.45) is 0. The summed E-state index contributed by atoms with van der Waals surface area (Å²) in [5, 5.41) is 10.3. The van der Waals surface area contributed by atoms with Gasteiger partial charge in [0.1, 0.15) is 0 Å². The van der Waals surface area contributed by atoms with Gasteiger partial charge >= 0.3 is 0 Å². The minimum atomic E-state index is -0.341. The van der Waals surface area contributed by atoms with Crippen LogP contribution in [0.5, 0.6) is 0 Å². The van der Waals surface area contributed by atoms with Crippen molar-refractivity contribution in [2.45, 2.75) is 20.8 Å². The summed E-state index contributed by atoms with van der Waals surface area (Å²) >= 11 is 0. The smallest absolute Gasteiger partial charge is 0.260 e. The Morgan fingerprint density at radius 2 is 1.89 bits per heavy atom. The van der Waals surface area contributed by atoms with Crippen molar-refractivity contribution in [1.82, 2.24) is 15.2 Å². The zero-order valence-electron chi connectivity index (χ0n) is 11.1. The summed E-state index contributed by atoms with van der Waals surface area (Å²) in [5.74, 6) is -0.166. The number of hydrogen-bond acceptors (Lipinski definition) is 5. The van der Waals surface area contributed by atoms with Crippen LogP contribution in [-0.2, 0) is 0 Å². The van der Waals surface area contributed by atoms with Gasteiger partial charge in [-0.2, -0.15) is 5.10 Å². The van der Waals surface area contributed by atoms with E-state index in [1.807, 2.05) is 13.0 Å². The largest absolute Gasteiger partial charge is 0.398 e. The maximum atomic E-state index is 12.1. The van der Waals surface area contributed by atoms with E-state index in [0.29, 0.717) is 11.3 Å². The first-order valence-corrected chi connectivity index (χ1v) is 5.83. The van der Waals surface area contributed by atoms with Gasteiger partial charge in [0, 0.05) is 5.69 Å². The van der Waals surface area contributed by atoms with Crippen molar-refractivity contribution in [3.8, 4) is 0 Å². The number of nitrogens with two attached hydrogens (primary N) is 1. The van der Waals surface area contributed by atoms with Crippen LogP contribution < -0.4 is 11.1 Å². The van der Waals surface area contributed by atoms with Gasteiger partial charge in [0.05, 0.1) is 17.0 Å². The predicted molar refractivity (Wildman–Crippen MR) is 72.8 cm³/mol. The number of benzene rings is 1. The van der Waals surface area contributed by atoms with Gasteiger partial charge in [-0.15, -0.1) is 5.10 Å². The second-order valence-corrected chi connectivity index (χ2v) is 4.30. The van der Waals surface area contributed by atoms with Crippen LogP contribution in [-0.4, -0.2) is 21.1 Å². The normalized spacial score (nSPS) is 10.3. The summed E-state index contributed by atoms with van der Waals surface area (Å²) in [6.45, 7) is 5.46. The lowest BCUT2D eigenvalue weighted by molar-refractivity contribution is 0.102. The molecule has 0 fully saturated rings. The molecule has 19 heavy (non-hydrogen) atoms. The molecule has 6 heteroatoms. The first-order valence-electron chi connectivity index (χ1n) is 5.83. The van der Waals surface area contributed by atoms with Gasteiger partial charge in [0.25, 0.3) is 5.91 Å². The molecule has 0 bridgehead atoms. The SMILES string of the molecule is Cc1cccc(C(=O)Nc2nnc(C)c(C)n2)c1N. The van der Waals surface area contributed by atoms with Crippen LogP contribution in [0.2, 0.25) is 0 Å². The highest BCUT2D eigenvalue weighted by molar-refractivity contribution is 6.07. The van der Waals surface area contributed by atoms with Crippen LogP contribution in [0.25, 0.3) is 0 Å². The molecular formula is C13H15N5O. The standard InChI is InChI=1S/C13H15N5O/c1-7-5-4-6-10(11(7)14)12(19)16-13-15-8(2)9(3)17-18-13/h4-6H,14H2,1-3H3,(H,15,16,18,19). The van der Waals surface area contributed by atoms with Gasteiger partial charge in [0.15, 0.2) is 0 Å². The lowest BCUT2D eigenvalue weighted by Crippen LogP contribution is -2.17. The molecule has 0 aliphatic carbocycles. The highest BCUT2D eigenvalue weighted by Crippen LogP contribution is 2.17. The van der Waals surface area contributed by atoms with E-state index in [0.717, 1.165) is 17.0 Å². The average Bonchev–Trinajstić information content (AvgIpc) is 2.37. The van der Waals surface area contributed by atoms with E-state index in [-0.39, 0.29) is 11.9 Å². The fourth-order valence-electron chi connectivity index (χ4n) is 1.56. The van der Waals surface area contributed by atoms with Crippen LogP contribution in [0.15, 0.2) is 18.2 Å². The maximum Gasteiger partial charge on any atom is 0.260 e.